The Morgan fingerprint density at radius 1 is 1.32 bits per heavy atom. The van der Waals surface area contributed by atoms with Crippen LogP contribution in [0.4, 0.5) is 0 Å². The van der Waals surface area contributed by atoms with Crippen molar-refractivity contribution in [3.05, 3.63) is 35.5 Å². The number of furan rings is 1. The van der Waals surface area contributed by atoms with Crippen molar-refractivity contribution in [3.63, 3.8) is 0 Å². The van der Waals surface area contributed by atoms with E-state index in [0.717, 1.165) is 35.1 Å². The number of nitrogens with one attached hydrogen (secondary N) is 1. The van der Waals surface area contributed by atoms with Crippen molar-refractivity contribution < 1.29 is 9.15 Å². The lowest BCUT2D eigenvalue weighted by molar-refractivity contribution is 0.199. The highest BCUT2D eigenvalue weighted by molar-refractivity contribution is 5.57. The molecule has 0 aliphatic rings. The van der Waals surface area contributed by atoms with Gasteiger partial charge in [0.2, 0.25) is 0 Å². The van der Waals surface area contributed by atoms with Gasteiger partial charge in [-0.15, -0.1) is 0 Å². The largest absolute Gasteiger partial charge is 0.469 e. The lowest BCUT2D eigenvalue weighted by atomic mass is 10.2. The van der Waals surface area contributed by atoms with Gasteiger partial charge in [0.15, 0.2) is 5.82 Å². The zero-order valence-corrected chi connectivity index (χ0v) is 11.6. The van der Waals surface area contributed by atoms with Crippen LogP contribution in [-0.2, 0) is 11.3 Å². The molecule has 0 aliphatic heterocycles. The van der Waals surface area contributed by atoms with Crippen LogP contribution in [0.2, 0.25) is 0 Å². The van der Waals surface area contributed by atoms with Crippen LogP contribution in [-0.4, -0.2) is 30.2 Å². The minimum Gasteiger partial charge on any atom is -0.469 e. The van der Waals surface area contributed by atoms with Crippen LogP contribution in [0.25, 0.3) is 11.4 Å². The molecule has 0 fully saturated rings. The summed E-state index contributed by atoms with van der Waals surface area (Å²) in [4.78, 5) is 9.02. The average molecular weight is 261 g/mol. The molecule has 2 heterocycles. The molecule has 1 N–H and O–H groups in total. The Kier molecular flexibility index (Phi) is 4.65. The zero-order chi connectivity index (χ0) is 13.7. The third-order valence-corrected chi connectivity index (χ3v) is 2.80. The quantitative estimate of drug-likeness (QED) is 0.807. The van der Waals surface area contributed by atoms with Crippen LogP contribution in [0.5, 0.6) is 0 Å². The van der Waals surface area contributed by atoms with Crippen molar-refractivity contribution in [1.29, 1.82) is 0 Å². The molecule has 0 bridgehead atoms. The van der Waals surface area contributed by atoms with Crippen LogP contribution >= 0.6 is 0 Å². The van der Waals surface area contributed by atoms with E-state index in [1.54, 1.807) is 13.4 Å². The van der Waals surface area contributed by atoms with Gasteiger partial charge in [0.25, 0.3) is 0 Å². The number of rotatable bonds is 6. The molecule has 0 spiro atoms. The Balaban J connectivity index is 2.13. The van der Waals surface area contributed by atoms with Gasteiger partial charge < -0.3 is 14.5 Å². The fraction of sp³-hybridized carbons (Fsp3) is 0.429. The summed E-state index contributed by atoms with van der Waals surface area (Å²) in [5.41, 5.74) is 2.87. The van der Waals surface area contributed by atoms with Gasteiger partial charge >= 0.3 is 0 Å². The molecule has 0 saturated heterocycles. The Hall–Kier alpha value is -1.72. The summed E-state index contributed by atoms with van der Waals surface area (Å²) in [7, 11) is 1.69. The van der Waals surface area contributed by atoms with Gasteiger partial charge in [-0.1, -0.05) is 0 Å². The number of ether oxygens (including phenoxy) is 1. The minimum atomic E-state index is 0.692. The Bertz CT molecular complexity index is 537. The van der Waals surface area contributed by atoms with Gasteiger partial charge in [-0.25, -0.2) is 9.97 Å². The predicted molar refractivity (Wildman–Crippen MR) is 72.8 cm³/mol. The second-order valence-electron chi connectivity index (χ2n) is 4.38. The van der Waals surface area contributed by atoms with E-state index in [2.05, 4.69) is 15.3 Å². The highest BCUT2D eigenvalue weighted by Crippen LogP contribution is 2.21. The van der Waals surface area contributed by atoms with E-state index >= 15 is 0 Å². The lowest BCUT2D eigenvalue weighted by Crippen LogP contribution is -2.19. The van der Waals surface area contributed by atoms with Crippen molar-refractivity contribution >= 4 is 0 Å². The topological polar surface area (TPSA) is 60.2 Å². The monoisotopic (exact) mass is 261 g/mol. The SMILES string of the molecule is COCCNCc1cc(C)nc(-c2ccoc2C)n1. The minimum absolute atomic E-state index is 0.692. The second kappa shape index (κ2) is 6.45. The summed E-state index contributed by atoms with van der Waals surface area (Å²) in [5, 5.41) is 3.28. The molecule has 0 atom stereocenters. The van der Waals surface area contributed by atoms with Gasteiger partial charge in [0, 0.05) is 25.9 Å². The first-order valence-corrected chi connectivity index (χ1v) is 6.29. The molecule has 102 valence electrons. The molecule has 0 amide bonds. The maximum absolute atomic E-state index is 5.30. The molecule has 2 aromatic heterocycles. The van der Waals surface area contributed by atoms with E-state index in [1.807, 2.05) is 26.0 Å². The van der Waals surface area contributed by atoms with Crippen molar-refractivity contribution in [2.45, 2.75) is 20.4 Å². The first-order chi connectivity index (χ1) is 9.20. The van der Waals surface area contributed by atoms with Crippen molar-refractivity contribution in [2.24, 2.45) is 0 Å². The van der Waals surface area contributed by atoms with E-state index in [4.69, 9.17) is 9.15 Å². The maximum Gasteiger partial charge on any atom is 0.163 e. The molecule has 0 radical (unpaired) electrons. The smallest absolute Gasteiger partial charge is 0.163 e. The molecule has 19 heavy (non-hydrogen) atoms. The normalized spacial score (nSPS) is 10.9. The number of hydrogen-bond acceptors (Lipinski definition) is 5. The molecule has 0 aromatic carbocycles. The highest BCUT2D eigenvalue weighted by Gasteiger charge is 2.09. The van der Waals surface area contributed by atoms with Crippen LogP contribution in [0.3, 0.4) is 0 Å². The van der Waals surface area contributed by atoms with Gasteiger partial charge in [-0.2, -0.15) is 0 Å². The molecular formula is C14H19N3O2. The second-order valence-corrected chi connectivity index (χ2v) is 4.38. The molecule has 0 aliphatic carbocycles. The van der Waals surface area contributed by atoms with Crippen LogP contribution in [0, 0.1) is 13.8 Å². The highest BCUT2D eigenvalue weighted by atomic mass is 16.5. The van der Waals surface area contributed by atoms with Crippen molar-refractivity contribution in [3.8, 4) is 11.4 Å². The van der Waals surface area contributed by atoms with Crippen LogP contribution in [0.15, 0.2) is 22.8 Å². The third kappa shape index (κ3) is 3.62. The molecular weight excluding hydrogens is 242 g/mol. The molecule has 2 aromatic rings. The summed E-state index contributed by atoms with van der Waals surface area (Å²) in [6.45, 7) is 6.09. The fourth-order valence-electron chi connectivity index (χ4n) is 1.85. The lowest BCUT2D eigenvalue weighted by Gasteiger charge is -2.07. The van der Waals surface area contributed by atoms with Gasteiger partial charge in [-0.05, 0) is 26.0 Å². The first-order valence-electron chi connectivity index (χ1n) is 6.29. The molecule has 0 unspecified atom stereocenters. The van der Waals surface area contributed by atoms with E-state index in [9.17, 15) is 0 Å². The van der Waals surface area contributed by atoms with Crippen molar-refractivity contribution in [2.75, 3.05) is 20.3 Å². The zero-order valence-electron chi connectivity index (χ0n) is 11.6. The van der Waals surface area contributed by atoms with E-state index in [-0.39, 0.29) is 0 Å². The number of aryl methyl sites for hydroxylation is 2. The summed E-state index contributed by atoms with van der Waals surface area (Å²) in [6.07, 6.45) is 1.66. The Labute approximate surface area is 113 Å². The summed E-state index contributed by atoms with van der Waals surface area (Å²) in [6, 6.07) is 3.88. The van der Waals surface area contributed by atoms with Crippen molar-refractivity contribution in [1.82, 2.24) is 15.3 Å². The average Bonchev–Trinajstić information content (AvgIpc) is 2.80. The van der Waals surface area contributed by atoms with Crippen LogP contribution in [0.1, 0.15) is 17.1 Å². The van der Waals surface area contributed by atoms with E-state index < -0.39 is 0 Å². The first kappa shape index (κ1) is 13.7. The number of hydrogen-bond donors (Lipinski definition) is 1. The Morgan fingerprint density at radius 2 is 2.16 bits per heavy atom. The predicted octanol–water partition coefficient (Wildman–Crippen LogP) is 2.09. The summed E-state index contributed by atoms with van der Waals surface area (Å²) >= 11 is 0. The van der Waals surface area contributed by atoms with Gasteiger partial charge in [-0.3, -0.25) is 0 Å². The Morgan fingerprint density at radius 3 is 2.84 bits per heavy atom. The molecule has 0 saturated carbocycles. The van der Waals surface area contributed by atoms with E-state index in [0.29, 0.717) is 13.2 Å². The number of methoxy groups -OCH3 is 1. The summed E-state index contributed by atoms with van der Waals surface area (Å²) < 4.78 is 10.3. The number of aromatic nitrogens is 2. The van der Waals surface area contributed by atoms with Crippen LogP contribution < -0.4 is 5.32 Å². The fourth-order valence-corrected chi connectivity index (χ4v) is 1.85. The molecule has 5 nitrogen and oxygen atoms in total. The molecule has 5 heteroatoms. The van der Waals surface area contributed by atoms with E-state index in [1.165, 1.54) is 0 Å². The maximum atomic E-state index is 5.30. The summed E-state index contributed by atoms with van der Waals surface area (Å²) in [5.74, 6) is 1.55. The molecule has 2 rings (SSSR count). The van der Waals surface area contributed by atoms with Gasteiger partial charge in [0.05, 0.1) is 24.1 Å². The third-order valence-electron chi connectivity index (χ3n) is 2.80. The standard InChI is InChI=1S/C14H19N3O2/c1-10-8-12(9-15-5-7-18-3)17-14(16-10)13-4-6-19-11(13)2/h4,6,8,15H,5,7,9H2,1-3H3. The number of nitrogens with zero attached hydrogens (tertiary/aromatic N) is 2. The van der Waals surface area contributed by atoms with Gasteiger partial charge in [0.1, 0.15) is 5.76 Å².